The number of hydrogen-bond donors (Lipinski definition) is 1. The molecule has 1 aromatic heterocycles. The lowest BCUT2D eigenvalue weighted by atomic mass is 10.2. The Labute approximate surface area is 213 Å². The highest BCUT2D eigenvalue weighted by atomic mass is 32.2. The van der Waals surface area contributed by atoms with Gasteiger partial charge in [-0.05, 0) is 67.3 Å². The summed E-state index contributed by atoms with van der Waals surface area (Å²) in [7, 11) is 1.63. The predicted molar refractivity (Wildman–Crippen MR) is 143 cm³/mol. The Morgan fingerprint density at radius 1 is 1.03 bits per heavy atom. The van der Waals surface area contributed by atoms with Gasteiger partial charge in [-0.2, -0.15) is 5.10 Å². The fraction of sp³-hybridized carbons (Fsp3) is 0.154. The average molecular weight is 504 g/mol. The van der Waals surface area contributed by atoms with Gasteiger partial charge in [-0.25, -0.2) is 5.43 Å². The molecule has 0 spiro atoms. The van der Waals surface area contributed by atoms with Gasteiger partial charge in [0.25, 0.3) is 5.91 Å². The molecule has 35 heavy (non-hydrogen) atoms. The predicted octanol–water partition coefficient (Wildman–Crippen LogP) is 5.22. The van der Waals surface area contributed by atoms with Gasteiger partial charge in [-0.3, -0.25) is 9.36 Å². The molecule has 9 heteroatoms. The van der Waals surface area contributed by atoms with Crippen molar-refractivity contribution in [1.29, 1.82) is 0 Å². The Kier molecular flexibility index (Phi) is 8.23. The maximum Gasteiger partial charge on any atom is 0.250 e. The van der Waals surface area contributed by atoms with Crippen LogP contribution in [0.1, 0.15) is 11.1 Å². The molecule has 4 rings (SSSR count). The molecule has 7 nitrogen and oxygen atoms in total. The number of hydrogen-bond acceptors (Lipinski definition) is 7. The van der Waals surface area contributed by atoms with Crippen LogP contribution in [0.25, 0.3) is 17.1 Å². The first kappa shape index (κ1) is 24.6. The number of nitrogens with one attached hydrogen (secondary N) is 1. The molecule has 4 aromatic rings. The van der Waals surface area contributed by atoms with Crippen molar-refractivity contribution in [3.05, 3.63) is 83.9 Å². The first-order valence-corrected chi connectivity index (χ1v) is 13.0. The Bertz CT molecular complexity index is 1300. The van der Waals surface area contributed by atoms with Crippen LogP contribution in [-0.4, -0.2) is 46.0 Å². The summed E-state index contributed by atoms with van der Waals surface area (Å²) in [4.78, 5) is 13.6. The minimum atomic E-state index is -0.226. The van der Waals surface area contributed by atoms with Gasteiger partial charge in [0.2, 0.25) is 0 Å². The average Bonchev–Trinajstić information content (AvgIpc) is 3.32. The van der Waals surface area contributed by atoms with Crippen molar-refractivity contribution in [3.63, 3.8) is 0 Å². The maximum absolute atomic E-state index is 12.4. The lowest BCUT2D eigenvalue weighted by Gasteiger charge is -2.11. The number of aromatic nitrogens is 3. The molecular formula is C26H25N5O2S2. The van der Waals surface area contributed by atoms with Crippen LogP contribution in [0.15, 0.2) is 87.9 Å². The van der Waals surface area contributed by atoms with Crippen LogP contribution < -0.4 is 10.2 Å². The molecule has 178 valence electrons. The number of benzene rings is 3. The van der Waals surface area contributed by atoms with Crippen molar-refractivity contribution in [1.82, 2.24) is 20.2 Å². The van der Waals surface area contributed by atoms with Gasteiger partial charge >= 0.3 is 0 Å². The monoisotopic (exact) mass is 503 g/mol. The van der Waals surface area contributed by atoms with Gasteiger partial charge in [-0.15, -0.1) is 22.0 Å². The third kappa shape index (κ3) is 6.32. The number of rotatable bonds is 9. The smallest absolute Gasteiger partial charge is 0.250 e. The molecule has 0 saturated heterocycles. The molecule has 0 unspecified atom stereocenters. The quantitative estimate of drug-likeness (QED) is 0.192. The summed E-state index contributed by atoms with van der Waals surface area (Å²) in [6, 6.07) is 23.7. The third-order valence-electron chi connectivity index (χ3n) is 5.12. The summed E-state index contributed by atoms with van der Waals surface area (Å²) >= 11 is 2.98. The molecule has 0 aliphatic heterocycles. The molecule has 0 atom stereocenters. The molecule has 0 fully saturated rings. The Morgan fingerprint density at radius 3 is 2.40 bits per heavy atom. The molecule has 0 saturated carbocycles. The second-order valence-electron chi connectivity index (χ2n) is 7.56. The van der Waals surface area contributed by atoms with E-state index < -0.39 is 0 Å². The SMILES string of the molecule is COc1ccc(-c2nnc(SCC(=O)N/N=C\c3ccc(SC)cc3)n2-c2ccc(C)cc2)cc1. The lowest BCUT2D eigenvalue weighted by molar-refractivity contribution is -0.118. The van der Waals surface area contributed by atoms with Crippen molar-refractivity contribution in [2.24, 2.45) is 5.10 Å². The fourth-order valence-electron chi connectivity index (χ4n) is 3.25. The van der Waals surface area contributed by atoms with Crippen molar-refractivity contribution < 1.29 is 9.53 Å². The number of ether oxygens (including phenoxy) is 1. The second-order valence-corrected chi connectivity index (χ2v) is 9.38. The highest BCUT2D eigenvalue weighted by Gasteiger charge is 2.17. The third-order valence-corrected chi connectivity index (χ3v) is 6.80. The highest BCUT2D eigenvalue weighted by molar-refractivity contribution is 7.99. The van der Waals surface area contributed by atoms with E-state index in [4.69, 9.17) is 4.74 Å². The number of thioether (sulfide) groups is 2. The minimum Gasteiger partial charge on any atom is -0.497 e. The van der Waals surface area contributed by atoms with Gasteiger partial charge in [0.1, 0.15) is 5.75 Å². The van der Waals surface area contributed by atoms with Crippen LogP contribution in [0.5, 0.6) is 5.75 Å². The molecule has 1 amide bonds. The molecular weight excluding hydrogens is 478 g/mol. The first-order chi connectivity index (χ1) is 17.1. The van der Waals surface area contributed by atoms with E-state index >= 15 is 0 Å². The topological polar surface area (TPSA) is 81.4 Å². The standard InChI is InChI=1S/C26H25N5O2S2/c1-18-4-10-21(11-5-18)31-25(20-8-12-22(33-2)13-9-20)29-30-26(31)35-17-24(32)28-27-16-19-6-14-23(34-3)15-7-19/h4-16H,17H2,1-3H3,(H,28,32)/b27-16-. The van der Waals surface area contributed by atoms with E-state index in [1.807, 2.05) is 90.5 Å². The van der Waals surface area contributed by atoms with Crippen LogP contribution >= 0.6 is 23.5 Å². The largest absolute Gasteiger partial charge is 0.497 e. The maximum atomic E-state index is 12.4. The number of aryl methyl sites for hydroxylation is 1. The zero-order valence-corrected chi connectivity index (χ0v) is 21.3. The summed E-state index contributed by atoms with van der Waals surface area (Å²) in [6.07, 6.45) is 3.66. The van der Waals surface area contributed by atoms with Gasteiger partial charge in [-0.1, -0.05) is 41.6 Å². The van der Waals surface area contributed by atoms with Crippen molar-refractivity contribution in [3.8, 4) is 22.8 Å². The van der Waals surface area contributed by atoms with E-state index in [-0.39, 0.29) is 11.7 Å². The highest BCUT2D eigenvalue weighted by Crippen LogP contribution is 2.29. The summed E-state index contributed by atoms with van der Waals surface area (Å²) in [5.41, 5.74) is 6.46. The molecule has 0 aliphatic rings. The molecule has 3 aromatic carbocycles. The summed E-state index contributed by atoms with van der Waals surface area (Å²) in [5, 5.41) is 13.5. The van der Waals surface area contributed by atoms with E-state index in [2.05, 4.69) is 20.7 Å². The Hall–Kier alpha value is -3.56. The number of carbonyl (C=O) groups is 1. The summed E-state index contributed by atoms with van der Waals surface area (Å²) < 4.78 is 7.22. The first-order valence-electron chi connectivity index (χ1n) is 10.8. The normalized spacial score (nSPS) is 11.1. The zero-order valence-electron chi connectivity index (χ0n) is 19.6. The zero-order chi connectivity index (χ0) is 24.6. The molecule has 1 N–H and O–H groups in total. The Morgan fingerprint density at radius 2 is 1.74 bits per heavy atom. The van der Waals surface area contributed by atoms with Crippen LogP contribution in [-0.2, 0) is 4.79 Å². The van der Waals surface area contributed by atoms with Crippen LogP contribution in [0.3, 0.4) is 0 Å². The van der Waals surface area contributed by atoms with Crippen molar-refractivity contribution >= 4 is 35.6 Å². The van der Waals surface area contributed by atoms with Gasteiger partial charge in [0.05, 0.1) is 19.1 Å². The van der Waals surface area contributed by atoms with Crippen LogP contribution in [0.2, 0.25) is 0 Å². The summed E-state index contributed by atoms with van der Waals surface area (Å²) in [5.74, 6) is 1.37. The van der Waals surface area contributed by atoms with E-state index in [1.54, 1.807) is 25.1 Å². The number of nitrogens with zero attached hydrogens (tertiary/aromatic N) is 4. The Balaban J connectivity index is 1.49. The van der Waals surface area contributed by atoms with E-state index in [1.165, 1.54) is 16.7 Å². The lowest BCUT2D eigenvalue weighted by Crippen LogP contribution is -2.20. The van der Waals surface area contributed by atoms with Gasteiger partial charge < -0.3 is 4.74 Å². The number of carbonyl (C=O) groups excluding carboxylic acids is 1. The number of methoxy groups -OCH3 is 1. The van der Waals surface area contributed by atoms with Gasteiger partial charge in [0, 0.05) is 16.1 Å². The van der Waals surface area contributed by atoms with Crippen molar-refractivity contribution in [2.75, 3.05) is 19.1 Å². The second kappa shape index (κ2) is 11.7. The van der Waals surface area contributed by atoms with E-state index in [9.17, 15) is 4.79 Å². The minimum absolute atomic E-state index is 0.148. The molecule has 0 radical (unpaired) electrons. The van der Waals surface area contributed by atoms with Gasteiger partial charge in [0.15, 0.2) is 11.0 Å². The van der Waals surface area contributed by atoms with Crippen molar-refractivity contribution in [2.45, 2.75) is 17.0 Å². The van der Waals surface area contributed by atoms with E-state index in [0.29, 0.717) is 11.0 Å². The number of hydrazone groups is 1. The number of amides is 1. The molecule has 1 heterocycles. The molecule has 0 aliphatic carbocycles. The van der Waals surface area contributed by atoms with E-state index in [0.717, 1.165) is 28.1 Å². The van der Waals surface area contributed by atoms with Crippen LogP contribution in [0.4, 0.5) is 0 Å². The summed E-state index contributed by atoms with van der Waals surface area (Å²) in [6.45, 7) is 2.04. The molecule has 0 bridgehead atoms. The van der Waals surface area contributed by atoms with Crippen LogP contribution in [0, 0.1) is 6.92 Å². The fourth-order valence-corrected chi connectivity index (χ4v) is 4.40.